The molecule has 6 heteroatoms. The fourth-order valence-electron chi connectivity index (χ4n) is 3.30. The molecule has 2 aromatic carbocycles. The molecule has 0 spiro atoms. The highest BCUT2D eigenvalue weighted by atomic mass is 79.9. The molecule has 2 amide bonds. The maximum atomic E-state index is 13.2. The summed E-state index contributed by atoms with van der Waals surface area (Å²) in [6, 6.07) is 13.1. The highest BCUT2D eigenvalue weighted by Gasteiger charge is 2.29. The van der Waals surface area contributed by atoms with Crippen molar-refractivity contribution in [1.82, 2.24) is 10.2 Å². The van der Waals surface area contributed by atoms with Crippen LogP contribution in [0.5, 0.6) is 5.75 Å². The van der Waals surface area contributed by atoms with Crippen LogP contribution in [0.3, 0.4) is 0 Å². The van der Waals surface area contributed by atoms with E-state index in [0.717, 1.165) is 27.6 Å². The van der Waals surface area contributed by atoms with E-state index in [1.807, 2.05) is 77.1 Å². The Labute approximate surface area is 194 Å². The van der Waals surface area contributed by atoms with Crippen LogP contribution in [0.1, 0.15) is 50.3 Å². The molecule has 31 heavy (non-hydrogen) atoms. The van der Waals surface area contributed by atoms with E-state index >= 15 is 0 Å². The van der Waals surface area contributed by atoms with E-state index in [2.05, 4.69) is 21.2 Å². The molecule has 0 aliphatic heterocycles. The zero-order valence-corrected chi connectivity index (χ0v) is 20.7. The van der Waals surface area contributed by atoms with Crippen molar-refractivity contribution in [2.75, 3.05) is 6.61 Å². The third-order valence-electron chi connectivity index (χ3n) is 5.31. The first-order valence-electron chi connectivity index (χ1n) is 10.8. The van der Waals surface area contributed by atoms with Gasteiger partial charge >= 0.3 is 0 Å². The van der Waals surface area contributed by atoms with Crippen LogP contribution in [0.2, 0.25) is 0 Å². The minimum atomic E-state index is -0.558. The third-order valence-corrected chi connectivity index (χ3v) is 6.20. The van der Waals surface area contributed by atoms with Gasteiger partial charge < -0.3 is 15.0 Å². The first kappa shape index (κ1) is 24.9. The van der Waals surface area contributed by atoms with Gasteiger partial charge in [-0.2, -0.15) is 0 Å². The van der Waals surface area contributed by atoms with Crippen molar-refractivity contribution in [1.29, 1.82) is 0 Å². The van der Waals surface area contributed by atoms with E-state index in [0.29, 0.717) is 18.7 Å². The molecule has 2 rings (SSSR count). The first-order chi connectivity index (χ1) is 14.7. The smallest absolute Gasteiger partial charge is 0.261 e. The Morgan fingerprint density at radius 3 is 2.45 bits per heavy atom. The lowest BCUT2D eigenvalue weighted by Gasteiger charge is -2.31. The van der Waals surface area contributed by atoms with Crippen molar-refractivity contribution in [2.45, 2.75) is 66.1 Å². The summed E-state index contributed by atoms with van der Waals surface area (Å²) in [4.78, 5) is 27.8. The molecule has 0 aromatic heterocycles. The van der Waals surface area contributed by atoms with Crippen LogP contribution in [0.4, 0.5) is 0 Å². The zero-order chi connectivity index (χ0) is 23.0. The lowest BCUT2D eigenvalue weighted by atomic mass is 10.1. The standard InChI is InChI=1S/C25H33BrN2O3/c1-6-19(5)27-25(30)23(7-2)28(15-20-10-8-9-17(3)13-20)24(29)16-31-21-11-12-22(26)18(4)14-21/h8-14,19,23H,6-7,15-16H2,1-5H3,(H,27,30)/t19-,23-/m0/s1. The van der Waals surface area contributed by atoms with Gasteiger partial charge in [-0.15, -0.1) is 0 Å². The van der Waals surface area contributed by atoms with Crippen LogP contribution in [0.15, 0.2) is 46.9 Å². The molecule has 0 unspecified atom stereocenters. The van der Waals surface area contributed by atoms with E-state index in [4.69, 9.17) is 4.74 Å². The Morgan fingerprint density at radius 1 is 1.10 bits per heavy atom. The molecular weight excluding hydrogens is 456 g/mol. The molecule has 2 atom stereocenters. The van der Waals surface area contributed by atoms with Crippen LogP contribution >= 0.6 is 15.9 Å². The topological polar surface area (TPSA) is 58.6 Å². The monoisotopic (exact) mass is 488 g/mol. The molecule has 5 nitrogen and oxygen atoms in total. The number of hydrogen-bond acceptors (Lipinski definition) is 3. The van der Waals surface area contributed by atoms with Gasteiger partial charge in [0.15, 0.2) is 6.61 Å². The number of ether oxygens (including phenoxy) is 1. The molecule has 0 fully saturated rings. The Hall–Kier alpha value is -2.34. The highest BCUT2D eigenvalue weighted by Crippen LogP contribution is 2.22. The van der Waals surface area contributed by atoms with E-state index in [1.54, 1.807) is 4.90 Å². The van der Waals surface area contributed by atoms with Crippen LogP contribution in [0, 0.1) is 13.8 Å². The second kappa shape index (κ2) is 11.9. The molecule has 1 N–H and O–H groups in total. The number of rotatable bonds is 10. The summed E-state index contributed by atoms with van der Waals surface area (Å²) in [5.41, 5.74) is 3.13. The Balaban J connectivity index is 2.22. The van der Waals surface area contributed by atoms with Gasteiger partial charge in [0.2, 0.25) is 5.91 Å². The molecule has 0 bridgehead atoms. The fraction of sp³-hybridized carbons (Fsp3) is 0.440. The van der Waals surface area contributed by atoms with Crippen molar-refractivity contribution < 1.29 is 14.3 Å². The van der Waals surface area contributed by atoms with Gasteiger partial charge in [0.25, 0.3) is 5.91 Å². The van der Waals surface area contributed by atoms with Gasteiger partial charge in [-0.1, -0.05) is 59.6 Å². The Kier molecular flexibility index (Phi) is 9.56. The molecule has 0 aliphatic carbocycles. The Bertz CT molecular complexity index is 900. The maximum Gasteiger partial charge on any atom is 0.261 e. The summed E-state index contributed by atoms with van der Waals surface area (Å²) < 4.78 is 6.77. The molecule has 0 aliphatic rings. The van der Waals surface area contributed by atoms with Crippen LogP contribution in [0.25, 0.3) is 0 Å². The number of nitrogens with zero attached hydrogens (tertiary/aromatic N) is 1. The van der Waals surface area contributed by atoms with E-state index in [-0.39, 0.29) is 24.5 Å². The summed E-state index contributed by atoms with van der Waals surface area (Å²) in [7, 11) is 0. The summed E-state index contributed by atoms with van der Waals surface area (Å²) >= 11 is 3.47. The number of carbonyl (C=O) groups is 2. The van der Waals surface area contributed by atoms with Crippen LogP contribution in [-0.2, 0) is 16.1 Å². The van der Waals surface area contributed by atoms with Gasteiger partial charge in [0.05, 0.1) is 0 Å². The summed E-state index contributed by atoms with van der Waals surface area (Å²) in [6.45, 7) is 10.1. The van der Waals surface area contributed by atoms with Gasteiger partial charge in [0.1, 0.15) is 11.8 Å². The van der Waals surface area contributed by atoms with Gasteiger partial charge in [0, 0.05) is 17.1 Å². The molecule has 168 valence electrons. The SMILES string of the molecule is CC[C@H](C)NC(=O)[C@H](CC)N(Cc1cccc(C)c1)C(=O)COc1ccc(Br)c(C)c1. The predicted molar refractivity (Wildman–Crippen MR) is 128 cm³/mol. The average molecular weight is 489 g/mol. The molecule has 0 heterocycles. The first-order valence-corrected chi connectivity index (χ1v) is 11.6. The van der Waals surface area contributed by atoms with E-state index in [9.17, 15) is 9.59 Å². The van der Waals surface area contributed by atoms with Gasteiger partial charge in [-0.25, -0.2) is 0 Å². The Morgan fingerprint density at radius 2 is 1.84 bits per heavy atom. The summed E-state index contributed by atoms with van der Waals surface area (Å²) in [5.74, 6) is 0.284. The lowest BCUT2D eigenvalue weighted by Crippen LogP contribution is -2.51. The maximum absolute atomic E-state index is 13.2. The van der Waals surface area contributed by atoms with Crippen molar-refractivity contribution in [3.8, 4) is 5.75 Å². The van der Waals surface area contributed by atoms with Crippen LogP contribution < -0.4 is 10.1 Å². The predicted octanol–water partition coefficient (Wildman–Crippen LogP) is 5.17. The lowest BCUT2D eigenvalue weighted by molar-refractivity contribution is -0.143. The van der Waals surface area contributed by atoms with E-state index in [1.165, 1.54) is 0 Å². The van der Waals surface area contributed by atoms with Crippen LogP contribution in [-0.4, -0.2) is 35.4 Å². The summed E-state index contributed by atoms with van der Waals surface area (Å²) in [5, 5.41) is 3.02. The number of hydrogen-bond donors (Lipinski definition) is 1. The highest BCUT2D eigenvalue weighted by molar-refractivity contribution is 9.10. The quantitative estimate of drug-likeness (QED) is 0.501. The second-order valence-corrected chi connectivity index (χ2v) is 8.81. The minimum Gasteiger partial charge on any atom is -0.484 e. The van der Waals surface area contributed by atoms with Crippen molar-refractivity contribution >= 4 is 27.7 Å². The minimum absolute atomic E-state index is 0.0551. The number of carbonyl (C=O) groups excluding carboxylic acids is 2. The number of aryl methyl sites for hydroxylation is 2. The zero-order valence-electron chi connectivity index (χ0n) is 19.1. The molecule has 0 saturated heterocycles. The molecule has 2 aromatic rings. The van der Waals surface area contributed by atoms with E-state index < -0.39 is 6.04 Å². The number of amides is 2. The average Bonchev–Trinajstić information content (AvgIpc) is 2.74. The molecule has 0 radical (unpaired) electrons. The van der Waals surface area contributed by atoms with Crippen molar-refractivity contribution in [3.05, 3.63) is 63.6 Å². The molecular formula is C25H33BrN2O3. The molecule has 0 saturated carbocycles. The third kappa shape index (κ3) is 7.39. The number of halogens is 1. The second-order valence-electron chi connectivity index (χ2n) is 7.95. The van der Waals surface area contributed by atoms with Crippen molar-refractivity contribution in [2.24, 2.45) is 0 Å². The van der Waals surface area contributed by atoms with Gasteiger partial charge in [-0.05, 0) is 62.9 Å². The summed E-state index contributed by atoms with van der Waals surface area (Å²) in [6.07, 6.45) is 1.36. The largest absolute Gasteiger partial charge is 0.484 e. The number of nitrogens with one attached hydrogen (secondary N) is 1. The normalized spacial score (nSPS) is 12.7. The van der Waals surface area contributed by atoms with Gasteiger partial charge in [-0.3, -0.25) is 9.59 Å². The fourth-order valence-corrected chi connectivity index (χ4v) is 3.55. The van der Waals surface area contributed by atoms with Crippen molar-refractivity contribution in [3.63, 3.8) is 0 Å². The number of benzene rings is 2.